The number of rotatable bonds is 3. The Morgan fingerprint density at radius 2 is 0.911 bits per heavy atom. The first-order chi connectivity index (χ1) is 27.5. The Labute approximate surface area is 329 Å². The van der Waals surface area contributed by atoms with E-state index in [0.717, 1.165) is 0 Å². The smallest absolute Gasteiger partial charge is 0.0402 e. The fourth-order valence-electron chi connectivity index (χ4n) is 9.99. The van der Waals surface area contributed by atoms with E-state index in [2.05, 4.69) is 196 Å². The molecule has 10 aromatic carbocycles. The highest BCUT2D eigenvalue weighted by atomic mass is 32.1. The predicted molar refractivity (Wildman–Crippen MR) is 243 cm³/mol. The van der Waals surface area contributed by atoms with E-state index in [9.17, 15) is 0 Å². The van der Waals surface area contributed by atoms with Crippen LogP contribution in [0.15, 0.2) is 182 Å². The van der Waals surface area contributed by atoms with Crippen molar-refractivity contribution in [2.75, 3.05) is 0 Å². The van der Waals surface area contributed by atoms with E-state index in [1.165, 1.54) is 119 Å². The molecule has 0 bridgehead atoms. The Morgan fingerprint density at radius 1 is 0.357 bits per heavy atom. The van der Waals surface area contributed by atoms with E-state index in [0.29, 0.717) is 0 Å². The lowest BCUT2D eigenvalue weighted by Crippen LogP contribution is -2.15. The Morgan fingerprint density at radius 3 is 1.62 bits per heavy atom. The van der Waals surface area contributed by atoms with Crippen molar-refractivity contribution in [1.29, 1.82) is 0 Å². The van der Waals surface area contributed by atoms with Crippen LogP contribution in [-0.4, -0.2) is 0 Å². The van der Waals surface area contributed by atoms with Crippen LogP contribution in [0.3, 0.4) is 0 Å². The number of hydrogen-bond acceptors (Lipinski definition) is 1. The molecule has 0 amide bonds. The van der Waals surface area contributed by atoms with Crippen LogP contribution in [0.1, 0.15) is 25.0 Å². The van der Waals surface area contributed by atoms with Crippen LogP contribution in [0, 0.1) is 0 Å². The predicted octanol–water partition coefficient (Wildman–Crippen LogP) is 16.0. The Hall–Kier alpha value is -6.54. The molecule has 0 spiro atoms. The maximum Gasteiger partial charge on any atom is 0.0402 e. The van der Waals surface area contributed by atoms with Crippen molar-refractivity contribution in [3.8, 4) is 44.5 Å². The molecule has 0 radical (unpaired) electrons. The SMILES string of the molecule is CC1(C)c2ccccc2-c2c(-c3c4ccccc4c(-c4ccc5cc(-c6ccccc6)ccc5c4)c4ccccc34)cc3c(sc4cc5ccccc5cc43)c21. The molecule has 1 heteroatoms. The molecule has 262 valence electrons. The molecule has 0 unspecified atom stereocenters. The average molecular weight is 729 g/mol. The van der Waals surface area contributed by atoms with Crippen LogP contribution in [0.5, 0.6) is 0 Å². The average Bonchev–Trinajstić information content (AvgIpc) is 3.72. The standard InChI is InChI=1S/C55H36S/c1-55(2)48-23-13-12-22-44(48)52-47(32-46-45-30-34-16-6-7-17-35(34)31-49(45)56-54(46)53(52)55)51-42-20-10-8-18-40(42)50(41-19-9-11-21-43(41)51)39-27-26-37-28-36(24-25-38(37)29-39)33-14-4-3-5-15-33/h3-32H,1-2H3. The minimum absolute atomic E-state index is 0.155. The highest BCUT2D eigenvalue weighted by Gasteiger charge is 2.40. The number of fused-ring (bicyclic) bond motifs is 11. The van der Waals surface area contributed by atoms with E-state index in [4.69, 9.17) is 0 Å². The summed E-state index contributed by atoms with van der Waals surface area (Å²) in [6.45, 7) is 4.87. The topological polar surface area (TPSA) is 0 Å². The van der Waals surface area contributed by atoms with Crippen LogP contribution < -0.4 is 0 Å². The van der Waals surface area contributed by atoms with Crippen molar-refractivity contribution in [2.24, 2.45) is 0 Å². The fraction of sp³-hybridized carbons (Fsp3) is 0.0545. The summed E-state index contributed by atoms with van der Waals surface area (Å²) in [5.41, 5.74) is 13.1. The van der Waals surface area contributed by atoms with Gasteiger partial charge < -0.3 is 0 Å². The van der Waals surface area contributed by atoms with Gasteiger partial charge in [0.2, 0.25) is 0 Å². The molecule has 12 rings (SSSR count). The van der Waals surface area contributed by atoms with E-state index in [-0.39, 0.29) is 5.41 Å². The summed E-state index contributed by atoms with van der Waals surface area (Å²) in [7, 11) is 0. The molecule has 0 saturated heterocycles. The normalized spacial score (nSPS) is 13.3. The zero-order chi connectivity index (χ0) is 37.1. The zero-order valence-corrected chi connectivity index (χ0v) is 32.0. The summed E-state index contributed by atoms with van der Waals surface area (Å²) in [4.78, 5) is 0. The number of hydrogen-bond donors (Lipinski definition) is 0. The molecule has 0 saturated carbocycles. The third-order valence-electron chi connectivity index (χ3n) is 12.6. The number of thiophene rings is 1. The maximum atomic E-state index is 2.55. The summed E-state index contributed by atoms with van der Waals surface area (Å²) < 4.78 is 2.76. The highest BCUT2D eigenvalue weighted by molar-refractivity contribution is 7.26. The minimum Gasteiger partial charge on any atom is -0.135 e. The monoisotopic (exact) mass is 728 g/mol. The van der Waals surface area contributed by atoms with E-state index in [1.807, 2.05) is 11.3 Å². The van der Waals surface area contributed by atoms with Gasteiger partial charge in [-0.25, -0.2) is 0 Å². The molecule has 1 aromatic heterocycles. The van der Waals surface area contributed by atoms with Crippen molar-refractivity contribution in [3.05, 3.63) is 193 Å². The maximum absolute atomic E-state index is 2.55. The van der Waals surface area contributed by atoms with Gasteiger partial charge in [0, 0.05) is 25.6 Å². The molecular formula is C55H36S. The Bertz CT molecular complexity index is 3380. The van der Waals surface area contributed by atoms with Gasteiger partial charge in [0.15, 0.2) is 0 Å². The van der Waals surface area contributed by atoms with Gasteiger partial charge >= 0.3 is 0 Å². The van der Waals surface area contributed by atoms with E-state index < -0.39 is 0 Å². The molecule has 56 heavy (non-hydrogen) atoms. The second-order valence-electron chi connectivity index (χ2n) is 16.0. The number of benzene rings is 10. The molecule has 0 fully saturated rings. The Kier molecular flexibility index (Phi) is 6.66. The molecule has 0 nitrogen and oxygen atoms in total. The van der Waals surface area contributed by atoms with Crippen LogP contribution in [0.4, 0.5) is 0 Å². The lowest BCUT2D eigenvalue weighted by molar-refractivity contribution is 0.667. The molecule has 1 aliphatic rings. The highest BCUT2D eigenvalue weighted by Crippen LogP contribution is 2.59. The van der Waals surface area contributed by atoms with Crippen molar-refractivity contribution in [2.45, 2.75) is 19.3 Å². The summed E-state index contributed by atoms with van der Waals surface area (Å²) in [6, 6.07) is 68.1. The third kappa shape index (κ3) is 4.47. The second kappa shape index (κ2) is 11.7. The first-order valence-corrected chi connectivity index (χ1v) is 20.4. The second-order valence-corrected chi connectivity index (χ2v) is 17.1. The molecule has 1 aliphatic carbocycles. The third-order valence-corrected chi connectivity index (χ3v) is 13.7. The van der Waals surface area contributed by atoms with E-state index in [1.54, 1.807) is 0 Å². The molecule has 0 N–H and O–H groups in total. The van der Waals surface area contributed by atoms with Crippen molar-refractivity contribution in [1.82, 2.24) is 0 Å². The molecule has 1 heterocycles. The lowest BCUT2D eigenvalue weighted by atomic mass is 9.79. The van der Waals surface area contributed by atoms with Gasteiger partial charge in [-0.2, -0.15) is 0 Å². The summed E-state index contributed by atoms with van der Waals surface area (Å²) in [6.07, 6.45) is 0. The minimum atomic E-state index is -0.155. The first kappa shape index (κ1) is 31.8. The summed E-state index contributed by atoms with van der Waals surface area (Å²) in [5.74, 6) is 0. The molecule has 0 atom stereocenters. The first-order valence-electron chi connectivity index (χ1n) is 19.6. The van der Waals surface area contributed by atoms with Gasteiger partial charge in [-0.1, -0.05) is 166 Å². The van der Waals surface area contributed by atoms with Crippen molar-refractivity contribution in [3.63, 3.8) is 0 Å². The Balaban J connectivity index is 1.18. The van der Waals surface area contributed by atoms with Gasteiger partial charge in [0.25, 0.3) is 0 Å². The fourth-order valence-corrected chi connectivity index (χ4v) is 11.4. The van der Waals surface area contributed by atoms with E-state index >= 15 is 0 Å². The van der Waals surface area contributed by atoms with Crippen LogP contribution in [0.2, 0.25) is 0 Å². The van der Waals surface area contributed by atoms with Crippen LogP contribution >= 0.6 is 11.3 Å². The lowest BCUT2D eigenvalue weighted by Gasteiger charge is -2.24. The van der Waals surface area contributed by atoms with Gasteiger partial charge in [-0.15, -0.1) is 11.3 Å². The van der Waals surface area contributed by atoms with Gasteiger partial charge in [0.1, 0.15) is 0 Å². The van der Waals surface area contributed by atoms with Crippen LogP contribution in [0.25, 0.3) is 108 Å². The zero-order valence-electron chi connectivity index (χ0n) is 31.2. The largest absolute Gasteiger partial charge is 0.135 e. The molecule has 11 aromatic rings. The molecule has 0 aliphatic heterocycles. The summed E-state index contributed by atoms with van der Waals surface area (Å²) >= 11 is 1.97. The molecular weight excluding hydrogens is 693 g/mol. The van der Waals surface area contributed by atoms with Crippen molar-refractivity contribution >= 4 is 74.6 Å². The van der Waals surface area contributed by atoms with Gasteiger partial charge in [0.05, 0.1) is 0 Å². The van der Waals surface area contributed by atoms with Crippen LogP contribution in [-0.2, 0) is 5.41 Å². The summed E-state index contributed by atoms with van der Waals surface area (Å²) in [5, 5.41) is 12.9. The quantitative estimate of drug-likeness (QED) is 0.159. The van der Waals surface area contributed by atoms with Gasteiger partial charge in [-0.05, 0) is 129 Å². The van der Waals surface area contributed by atoms with Crippen molar-refractivity contribution < 1.29 is 0 Å². The van der Waals surface area contributed by atoms with Gasteiger partial charge in [-0.3, -0.25) is 0 Å².